The van der Waals surface area contributed by atoms with Gasteiger partial charge in [-0.25, -0.2) is 14.8 Å². The van der Waals surface area contributed by atoms with Crippen LogP contribution in [0.1, 0.15) is 48.7 Å². The fourth-order valence-corrected chi connectivity index (χ4v) is 4.09. The number of aliphatic carboxylic acids is 1. The first-order chi connectivity index (χ1) is 22.3. The summed E-state index contributed by atoms with van der Waals surface area (Å²) in [5.41, 5.74) is 6.61. The van der Waals surface area contributed by atoms with Crippen molar-refractivity contribution >= 4 is 40.5 Å². The molecule has 0 aliphatic heterocycles. The van der Waals surface area contributed by atoms with Crippen LogP contribution in [0.15, 0.2) is 35.3 Å². The van der Waals surface area contributed by atoms with E-state index in [1.54, 1.807) is 12.1 Å². The van der Waals surface area contributed by atoms with Gasteiger partial charge in [0.1, 0.15) is 11.8 Å². The zero-order valence-electron chi connectivity index (χ0n) is 25.8. The number of carbonyl (C=O) groups excluding carboxylic acids is 2. The summed E-state index contributed by atoms with van der Waals surface area (Å²) in [7, 11) is 0. The lowest BCUT2D eigenvalue weighted by atomic mass is 10.1. The van der Waals surface area contributed by atoms with Gasteiger partial charge >= 0.3 is 5.97 Å². The van der Waals surface area contributed by atoms with Crippen LogP contribution in [-0.4, -0.2) is 102 Å². The number of anilines is 2. The lowest BCUT2D eigenvalue weighted by Gasteiger charge is -2.14. The van der Waals surface area contributed by atoms with Gasteiger partial charge in [0.2, 0.25) is 5.95 Å². The second kappa shape index (κ2) is 19.8. The van der Waals surface area contributed by atoms with Crippen LogP contribution < -0.4 is 21.9 Å². The number of hydrogen-bond donors (Lipinski definition) is 5. The molecule has 1 atom stereocenters. The fraction of sp³-hybridized carbons (Fsp3) is 0.500. The number of benzene rings is 1. The smallest absolute Gasteiger partial charge is 0.326 e. The number of hydrogen-bond acceptors (Lipinski definition) is 13. The van der Waals surface area contributed by atoms with E-state index in [4.69, 9.17) is 24.7 Å². The molecule has 2 aromatic heterocycles. The topological polar surface area (TPSA) is 230 Å². The van der Waals surface area contributed by atoms with Crippen LogP contribution in [-0.2, 0) is 35.1 Å². The third kappa shape index (κ3) is 12.8. The number of ketones is 1. The Labute approximate surface area is 265 Å². The van der Waals surface area contributed by atoms with Gasteiger partial charge in [-0.05, 0) is 44.0 Å². The molecule has 6 N–H and O–H groups in total. The molecule has 1 amide bonds. The number of carboxylic acids is 1. The van der Waals surface area contributed by atoms with Crippen molar-refractivity contribution in [1.29, 1.82) is 0 Å². The highest BCUT2D eigenvalue weighted by atomic mass is 16.6. The molecule has 0 spiro atoms. The maximum absolute atomic E-state index is 12.7. The van der Waals surface area contributed by atoms with Gasteiger partial charge in [0.05, 0.1) is 58.1 Å². The second-order valence-electron chi connectivity index (χ2n) is 9.99. The Balaban J connectivity index is 1.31. The van der Waals surface area contributed by atoms with Crippen LogP contribution in [0.25, 0.3) is 11.2 Å². The first-order valence-corrected chi connectivity index (χ1v) is 15.0. The Bertz CT molecular complexity index is 1470. The summed E-state index contributed by atoms with van der Waals surface area (Å²) in [6, 6.07) is 5.14. The molecule has 16 nitrogen and oxygen atoms in total. The minimum atomic E-state index is -1.23. The van der Waals surface area contributed by atoms with Crippen molar-refractivity contribution in [3.63, 3.8) is 0 Å². The first kappa shape index (κ1) is 36.0. The zero-order valence-corrected chi connectivity index (χ0v) is 25.8. The van der Waals surface area contributed by atoms with Crippen LogP contribution in [0.5, 0.6) is 0 Å². The molecule has 3 aromatic rings. The summed E-state index contributed by atoms with van der Waals surface area (Å²) in [5, 5.41) is 15.2. The lowest BCUT2D eigenvalue weighted by Crippen LogP contribution is -2.41. The van der Waals surface area contributed by atoms with Crippen molar-refractivity contribution in [2.24, 2.45) is 0 Å². The van der Waals surface area contributed by atoms with E-state index in [9.17, 15) is 24.3 Å². The summed E-state index contributed by atoms with van der Waals surface area (Å²) in [6.07, 6.45) is 2.20. The molecule has 0 bridgehead atoms. The van der Waals surface area contributed by atoms with E-state index in [1.807, 2.05) is 6.92 Å². The third-order valence-corrected chi connectivity index (χ3v) is 6.49. The number of fused-ring (bicyclic) bond motifs is 1. The number of Topliss-reactive ketones (excluding diaryl/α,β-unsaturated/α-hetero) is 1. The van der Waals surface area contributed by atoms with E-state index in [0.717, 1.165) is 0 Å². The van der Waals surface area contributed by atoms with E-state index >= 15 is 0 Å². The molecule has 0 unspecified atom stereocenters. The van der Waals surface area contributed by atoms with Gasteiger partial charge in [0, 0.05) is 37.3 Å². The molecule has 0 radical (unpaired) electrons. The first-order valence-electron chi connectivity index (χ1n) is 15.0. The van der Waals surface area contributed by atoms with Gasteiger partial charge < -0.3 is 40.4 Å². The number of amides is 1. The number of aromatic amines is 1. The zero-order chi connectivity index (χ0) is 33.1. The monoisotopic (exact) mass is 643 g/mol. The lowest BCUT2D eigenvalue weighted by molar-refractivity contribution is -0.139. The standard InChI is InChI=1S/C30H41N7O9/c1-2-43-12-13-45-16-17-46-15-14-44-11-3-4-23(38)9-10-24(29(41)42)35-27(39)20-5-7-21(8-6-20)32-18-22-19-33-26-25(34-22)28(40)37-30(31)36-26/h5-8,19,24,32H,2-4,9-18H2,1H3,(H,35,39)(H,41,42)(H3,31,33,36,37,40)/t24-/m0/s1. The maximum atomic E-state index is 12.7. The highest BCUT2D eigenvalue weighted by Gasteiger charge is 2.21. The van der Waals surface area contributed by atoms with Crippen LogP contribution in [0, 0.1) is 0 Å². The van der Waals surface area contributed by atoms with E-state index in [-0.39, 0.29) is 54.3 Å². The van der Waals surface area contributed by atoms with Gasteiger partial charge in [-0.1, -0.05) is 0 Å². The van der Waals surface area contributed by atoms with Gasteiger partial charge in [-0.3, -0.25) is 19.4 Å². The Hall–Kier alpha value is -4.51. The molecular weight excluding hydrogens is 602 g/mol. The summed E-state index contributed by atoms with van der Waals surface area (Å²) in [5.74, 6) is -1.96. The predicted octanol–water partition coefficient (Wildman–Crippen LogP) is 1.31. The van der Waals surface area contributed by atoms with Crippen molar-refractivity contribution in [1.82, 2.24) is 25.3 Å². The van der Waals surface area contributed by atoms with Crippen LogP contribution in [0.4, 0.5) is 11.6 Å². The van der Waals surface area contributed by atoms with E-state index in [0.29, 0.717) is 70.7 Å². The van der Waals surface area contributed by atoms with Crippen molar-refractivity contribution < 1.29 is 38.4 Å². The van der Waals surface area contributed by atoms with Gasteiger partial charge in [-0.2, -0.15) is 4.98 Å². The fourth-order valence-electron chi connectivity index (χ4n) is 4.09. The highest BCUT2D eigenvalue weighted by Crippen LogP contribution is 2.13. The van der Waals surface area contributed by atoms with Crippen LogP contribution in [0.3, 0.4) is 0 Å². The average Bonchev–Trinajstić information content (AvgIpc) is 3.04. The molecule has 0 saturated heterocycles. The second-order valence-corrected chi connectivity index (χ2v) is 9.99. The van der Waals surface area contributed by atoms with Gasteiger partial charge in [0.15, 0.2) is 11.2 Å². The molecule has 250 valence electrons. The SMILES string of the molecule is CCOCCOCCOCCOCCCC(=O)CC[C@H](NC(=O)c1ccc(NCc2cnc3nc(N)[nH]c(=O)c3n2)cc1)C(=O)O. The number of nitrogens with one attached hydrogen (secondary N) is 3. The molecule has 0 saturated carbocycles. The van der Waals surface area contributed by atoms with Crippen molar-refractivity contribution in [3.05, 3.63) is 52.1 Å². The molecule has 0 fully saturated rings. The number of H-pyrrole nitrogens is 1. The molecule has 1 aromatic carbocycles. The largest absolute Gasteiger partial charge is 0.480 e. The number of ether oxygens (including phenoxy) is 4. The van der Waals surface area contributed by atoms with Crippen molar-refractivity contribution in [2.75, 3.05) is 63.9 Å². The summed E-state index contributed by atoms with van der Waals surface area (Å²) < 4.78 is 21.4. The molecule has 0 aliphatic carbocycles. The number of aromatic nitrogens is 4. The molecule has 16 heteroatoms. The number of carboxylic acid groups (broad SMARTS) is 1. The van der Waals surface area contributed by atoms with Crippen molar-refractivity contribution in [2.45, 2.75) is 45.2 Å². The number of nitrogens with two attached hydrogens (primary N) is 1. The van der Waals surface area contributed by atoms with E-state index < -0.39 is 23.5 Å². The quantitative estimate of drug-likeness (QED) is 0.0918. The summed E-state index contributed by atoms with van der Waals surface area (Å²) >= 11 is 0. The third-order valence-electron chi connectivity index (χ3n) is 6.49. The Morgan fingerprint density at radius 3 is 2.24 bits per heavy atom. The Morgan fingerprint density at radius 2 is 1.59 bits per heavy atom. The Kier molecular flexibility index (Phi) is 15.5. The Morgan fingerprint density at radius 1 is 0.935 bits per heavy atom. The molecule has 0 aliphatic rings. The maximum Gasteiger partial charge on any atom is 0.326 e. The summed E-state index contributed by atoms with van der Waals surface area (Å²) in [4.78, 5) is 63.4. The average molecular weight is 644 g/mol. The number of rotatable bonds is 23. The molecule has 46 heavy (non-hydrogen) atoms. The minimum absolute atomic E-state index is 0.0134. The number of nitrogen functional groups attached to an aromatic ring is 1. The number of carbonyl (C=O) groups is 3. The predicted molar refractivity (Wildman–Crippen MR) is 167 cm³/mol. The summed E-state index contributed by atoms with van der Waals surface area (Å²) in [6.45, 7) is 6.05. The normalized spacial score (nSPS) is 11.8. The molecule has 2 heterocycles. The molecular formula is C30H41N7O9. The van der Waals surface area contributed by atoms with E-state index in [1.165, 1.54) is 18.3 Å². The molecule has 3 rings (SSSR count). The van der Waals surface area contributed by atoms with Gasteiger partial charge in [0.25, 0.3) is 11.5 Å². The minimum Gasteiger partial charge on any atom is -0.480 e. The van der Waals surface area contributed by atoms with Crippen LogP contribution >= 0.6 is 0 Å². The van der Waals surface area contributed by atoms with Crippen molar-refractivity contribution in [3.8, 4) is 0 Å². The highest BCUT2D eigenvalue weighted by molar-refractivity contribution is 5.97. The van der Waals surface area contributed by atoms with Crippen LogP contribution in [0.2, 0.25) is 0 Å². The van der Waals surface area contributed by atoms with Gasteiger partial charge in [-0.15, -0.1) is 0 Å². The van der Waals surface area contributed by atoms with E-state index in [2.05, 4.69) is 30.6 Å². The number of nitrogens with zero attached hydrogens (tertiary/aromatic N) is 3.